The fourth-order valence-electron chi connectivity index (χ4n) is 5.00. The van der Waals surface area contributed by atoms with Crippen LogP contribution in [0.2, 0.25) is 0 Å². The van der Waals surface area contributed by atoms with Gasteiger partial charge in [-0.25, -0.2) is 5.43 Å². The Morgan fingerprint density at radius 1 is 0.895 bits per heavy atom. The molecule has 4 bridgehead atoms. The van der Waals surface area contributed by atoms with Crippen LogP contribution < -0.4 is 10.9 Å². The first kappa shape index (κ1) is 12.2. The molecule has 3 heteroatoms. The lowest BCUT2D eigenvalue weighted by Gasteiger charge is -2.56. The molecule has 0 aromatic heterocycles. The van der Waals surface area contributed by atoms with Gasteiger partial charge in [0.1, 0.15) is 0 Å². The first-order valence-electron chi connectivity index (χ1n) is 7.50. The lowest BCUT2D eigenvalue weighted by atomic mass is 9.53. The van der Waals surface area contributed by atoms with Gasteiger partial charge in [0.15, 0.2) is 0 Å². The summed E-state index contributed by atoms with van der Waals surface area (Å²) < 4.78 is 1.13. The fourth-order valence-corrected chi connectivity index (χ4v) is 5.27. The average Bonchev–Trinajstić information content (AvgIpc) is 2.36. The van der Waals surface area contributed by atoms with Crippen LogP contribution in [0.25, 0.3) is 0 Å². The van der Waals surface area contributed by atoms with Crippen LogP contribution in [-0.4, -0.2) is 5.54 Å². The van der Waals surface area contributed by atoms with Crippen molar-refractivity contribution in [3.05, 3.63) is 28.7 Å². The minimum absolute atomic E-state index is 0.377. The van der Waals surface area contributed by atoms with Crippen molar-refractivity contribution in [3.8, 4) is 0 Å². The molecular weight excluding hydrogens is 300 g/mol. The van der Waals surface area contributed by atoms with Crippen LogP contribution in [0.4, 0.5) is 5.69 Å². The number of anilines is 1. The summed E-state index contributed by atoms with van der Waals surface area (Å²) >= 11 is 3.48. The number of hydrazine groups is 1. The third kappa shape index (κ3) is 2.31. The van der Waals surface area contributed by atoms with Crippen molar-refractivity contribution in [1.82, 2.24) is 5.43 Å². The highest BCUT2D eigenvalue weighted by molar-refractivity contribution is 9.10. The molecular formula is C16H21BrN2. The van der Waals surface area contributed by atoms with Gasteiger partial charge in [0.05, 0.1) is 0 Å². The van der Waals surface area contributed by atoms with Crippen molar-refractivity contribution in [1.29, 1.82) is 0 Å². The topological polar surface area (TPSA) is 24.1 Å². The van der Waals surface area contributed by atoms with Gasteiger partial charge in [0.2, 0.25) is 0 Å². The van der Waals surface area contributed by atoms with Crippen molar-refractivity contribution < 1.29 is 0 Å². The zero-order valence-electron chi connectivity index (χ0n) is 11.2. The first-order valence-corrected chi connectivity index (χ1v) is 8.29. The molecule has 2 nitrogen and oxygen atoms in total. The second-order valence-electron chi connectivity index (χ2n) is 6.95. The molecule has 0 spiro atoms. The molecule has 4 aliphatic rings. The van der Waals surface area contributed by atoms with E-state index in [0.29, 0.717) is 5.54 Å². The number of nitrogens with one attached hydrogen (secondary N) is 2. The first-order chi connectivity index (χ1) is 9.21. The predicted octanol–water partition coefficient (Wildman–Crippen LogP) is 4.33. The third-order valence-corrected chi connectivity index (χ3v) is 5.88. The summed E-state index contributed by atoms with van der Waals surface area (Å²) in [4.78, 5) is 0. The number of benzene rings is 1. The van der Waals surface area contributed by atoms with Crippen LogP contribution in [0.5, 0.6) is 0 Å². The number of halogens is 1. The second kappa shape index (κ2) is 4.49. The van der Waals surface area contributed by atoms with Gasteiger partial charge >= 0.3 is 0 Å². The van der Waals surface area contributed by atoms with Crippen LogP contribution in [0.3, 0.4) is 0 Å². The van der Waals surface area contributed by atoms with Crippen LogP contribution in [0.15, 0.2) is 28.7 Å². The van der Waals surface area contributed by atoms with Gasteiger partial charge in [-0.05, 0) is 80.5 Å². The standard InChI is InChI=1S/C16H21BrN2/c17-14-1-3-15(4-2-14)18-19-16-8-11-5-12(9-16)7-13(6-11)10-16/h1-4,11-13,18-19H,5-10H2. The van der Waals surface area contributed by atoms with E-state index in [2.05, 4.69) is 51.0 Å². The predicted molar refractivity (Wildman–Crippen MR) is 81.8 cm³/mol. The molecule has 2 N–H and O–H groups in total. The largest absolute Gasteiger partial charge is 0.321 e. The molecule has 0 unspecified atom stereocenters. The summed E-state index contributed by atoms with van der Waals surface area (Å²) in [7, 11) is 0. The molecule has 5 rings (SSSR count). The Kier molecular flexibility index (Phi) is 2.89. The zero-order chi connectivity index (χ0) is 12.9. The molecule has 0 aliphatic heterocycles. The van der Waals surface area contributed by atoms with E-state index in [9.17, 15) is 0 Å². The summed E-state index contributed by atoms with van der Waals surface area (Å²) in [6.45, 7) is 0. The van der Waals surface area contributed by atoms with Crippen LogP contribution >= 0.6 is 15.9 Å². The van der Waals surface area contributed by atoms with E-state index in [-0.39, 0.29) is 0 Å². The third-order valence-electron chi connectivity index (χ3n) is 5.35. The van der Waals surface area contributed by atoms with E-state index >= 15 is 0 Å². The highest BCUT2D eigenvalue weighted by Gasteiger charge is 2.50. The maximum atomic E-state index is 3.70. The summed E-state index contributed by atoms with van der Waals surface area (Å²) in [5.74, 6) is 2.97. The van der Waals surface area contributed by atoms with E-state index in [0.717, 1.165) is 22.2 Å². The molecule has 102 valence electrons. The molecule has 4 fully saturated rings. The Labute approximate surface area is 123 Å². The fraction of sp³-hybridized carbons (Fsp3) is 0.625. The van der Waals surface area contributed by atoms with Gasteiger partial charge in [-0.15, -0.1) is 0 Å². The summed E-state index contributed by atoms with van der Waals surface area (Å²) in [5, 5.41) is 0. The van der Waals surface area contributed by atoms with Gasteiger partial charge in [0.25, 0.3) is 0 Å². The Bertz CT molecular complexity index is 433. The normalized spacial score (nSPS) is 39.5. The van der Waals surface area contributed by atoms with Crippen LogP contribution in [-0.2, 0) is 0 Å². The van der Waals surface area contributed by atoms with Gasteiger partial charge in [-0.2, -0.15) is 0 Å². The number of hydrogen-bond acceptors (Lipinski definition) is 2. The van der Waals surface area contributed by atoms with E-state index in [1.807, 2.05) is 0 Å². The second-order valence-corrected chi connectivity index (χ2v) is 7.87. The van der Waals surface area contributed by atoms with E-state index in [1.54, 1.807) is 0 Å². The minimum atomic E-state index is 0.377. The average molecular weight is 321 g/mol. The smallest absolute Gasteiger partial charge is 0.0488 e. The molecule has 0 amide bonds. The molecule has 1 aromatic carbocycles. The molecule has 0 radical (unpaired) electrons. The quantitative estimate of drug-likeness (QED) is 0.810. The van der Waals surface area contributed by atoms with Gasteiger partial charge < -0.3 is 5.43 Å². The van der Waals surface area contributed by atoms with E-state index < -0.39 is 0 Å². The summed E-state index contributed by atoms with van der Waals surface area (Å²) in [6.07, 6.45) is 8.63. The molecule has 4 aliphatic carbocycles. The maximum Gasteiger partial charge on any atom is 0.0488 e. The van der Waals surface area contributed by atoms with Crippen molar-refractivity contribution in [2.24, 2.45) is 17.8 Å². The number of hydrogen-bond donors (Lipinski definition) is 2. The molecule has 0 saturated heterocycles. The van der Waals surface area contributed by atoms with Gasteiger partial charge in [-0.1, -0.05) is 15.9 Å². The van der Waals surface area contributed by atoms with Crippen LogP contribution in [0, 0.1) is 17.8 Å². The summed E-state index contributed by atoms with van der Waals surface area (Å²) in [5.41, 5.74) is 8.70. The Morgan fingerprint density at radius 2 is 1.42 bits per heavy atom. The Balaban J connectivity index is 1.46. The zero-order valence-corrected chi connectivity index (χ0v) is 12.7. The maximum absolute atomic E-state index is 3.70. The lowest BCUT2D eigenvalue weighted by molar-refractivity contribution is -0.0160. The van der Waals surface area contributed by atoms with Crippen molar-refractivity contribution in [2.45, 2.75) is 44.1 Å². The van der Waals surface area contributed by atoms with E-state index in [1.165, 1.54) is 44.2 Å². The minimum Gasteiger partial charge on any atom is -0.321 e. The lowest BCUT2D eigenvalue weighted by Crippen LogP contribution is -2.59. The van der Waals surface area contributed by atoms with Crippen molar-refractivity contribution in [2.75, 3.05) is 5.43 Å². The van der Waals surface area contributed by atoms with Gasteiger partial charge in [-0.3, -0.25) is 0 Å². The molecule has 0 atom stereocenters. The molecule has 4 saturated carbocycles. The van der Waals surface area contributed by atoms with Crippen LogP contribution in [0.1, 0.15) is 38.5 Å². The van der Waals surface area contributed by atoms with Crippen molar-refractivity contribution >= 4 is 21.6 Å². The Morgan fingerprint density at radius 3 is 1.95 bits per heavy atom. The highest BCUT2D eigenvalue weighted by atomic mass is 79.9. The van der Waals surface area contributed by atoms with Crippen molar-refractivity contribution in [3.63, 3.8) is 0 Å². The van der Waals surface area contributed by atoms with E-state index in [4.69, 9.17) is 0 Å². The highest BCUT2D eigenvalue weighted by Crippen LogP contribution is 2.55. The number of rotatable bonds is 3. The molecule has 1 aromatic rings. The summed E-state index contributed by atoms with van der Waals surface area (Å²) in [6, 6.07) is 8.42. The van der Waals surface area contributed by atoms with Gasteiger partial charge in [0, 0.05) is 15.7 Å². The monoisotopic (exact) mass is 320 g/mol. The molecule has 0 heterocycles. The SMILES string of the molecule is Brc1ccc(NNC23CC4CC(CC(C4)C2)C3)cc1. The molecule has 19 heavy (non-hydrogen) atoms. The Hall–Kier alpha value is -0.540.